The Labute approximate surface area is 202 Å². The van der Waals surface area contributed by atoms with E-state index in [1.807, 2.05) is 31.2 Å². The number of halogens is 1. The summed E-state index contributed by atoms with van der Waals surface area (Å²) < 4.78 is 28.6. The lowest BCUT2D eigenvalue weighted by Gasteiger charge is -2.24. The van der Waals surface area contributed by atoms with Crippen LogP contribution in [-0.2, 0) is 20.6 Å². The van der Waals surface area contributed by atoms with Crippen molar-refractivity contribution in [2.24, 2.45) is 0 Å². The van der Waals surface area contributed by atoms with Crippen LogP contribution >= 0.6 is 27.7 Å². The van der Waals surface area contributed by atoms with Crippen molar-refractivity contribution >= 4 is 49.3 Å². The van der Waals surface area contributed by atoms with E-state index >= 15 is 0 Å². The molecule has 0 spiro atoms. The van der Waals surface area contributed by atoms with Crippen molar-refractivity contribution in [3.8, 4) is 0 Å². The molecule has 1 amide bonds. The highest BCUT2D eigenvalue weighted by atomic mass is 79.9. The summed E-state index contributed by atoms with van der Waals surface area (Å²) in [4.78, 5) is 12.8. The minimum Gasteiger partial charge on any atom is -0.354 e. The first-order valence-electron chi connectivity index (χ1n) is 10.1. The molecule has 0 atom stereocenters. The van der Waals surface area contributed by atoms with E-state index in [9.17, 15) is 13.2 Å². The van der Waals surface area contributed by atoms with Crippen LogP contribution < -0.4 is 9.62 Å². The summed E-state index contributed by atoms with van der Waals surface area (Å²) in [6.45, 7) is 2.06. The zero-order valence-electron chi connectivity index (χ0n) is 17.7. The van der Waals surface area contributed by atoms with Gasteiger partial charge in [-0.25, -0.2) is 8.42 Å². The first-order chi connectivity index (χ1) is 15.4. The van der Waals surface area contributed by atoms with Crippen LogP contribution in [0, 0.1) is 6.92 Å². The molecule has 32 heavy (non-hydrogen) atoms. The zero-order valence-corrected chi connectivity index (χ0v) is 20.9. The van der Waals surface area contributed by atoms with Crippen molar-refractivity contribution in [2.45, 2.75) is 17.6 Å². The largest absolute Gasteiger partial charge is 0.354 e. The molecular formula is C24H25BrN2O3S2. The zero-order chi connectivity index (χ0) is 23.0. The molecule has 168 valence electrons. The van der Waals surface area contributed by atoms with Gasteiger partial charge in [0.1, 0.15) is 6.54 Å². The number of carbonyl (C=O) groups excluding carboxylic acids is 1. The van der Waals surface area contributed by atoms with E-state index in [2.05, 4.69) is 33.4 Å². The molecule has 0 saturated heterocycles. The SMILES string of the molecule is Cc1ccc(S(=O)(=O)N(CC(=O)NCCSCc2ccccc2)c2cccc(Br)c2)cc1. The van der Waals surface area contributed by atoms with E-state index in [-0.39, 0.29) is 17.3 Å². The van der Waals surface area contributed by atoms with Crippen molar-refractivity contribution in [1.29, 1.82) is 0 Å². The third-order valence-corrected chi connectivity index (χ3v) is 7.98. The van der Waals surface area contributed by atoms with Crippen LogP contribution in [0.5, 0.6) is 0 Å². The summed E-state index contributed by atoms with van der Waals surface area (Å²) in [6, 6.07) is 23.7. The van der Waals surface area contributed by atoms with Gasteiger partial charge in [-0.05, 0) is 42.8 Å². The average molecular weight is 534 g/mol. The van der Waals surface area contributed by atoms with E-state index in [1.165, 1.54) is 5.56 Å². The van der Waals surface area contributed by atoms with Gasteiger partial charge in [0.25, 0.3) is 10.0 Å². The third-order valence-electron chi connectivity index (χ3n) is 4.67. The number of hydrogen-bond donors (Lipinski definition) is 1. The number of carbonyl (C=O) groups is 1. The van der Waals surface area contributed by atoms with Crippen molar-refractivity contribution in [2.75, 3.05) is 23.1 Å². The maximum absolute atomic E-state index is 13.4. The molecule has 0 heterocycles. The Morgan fingerprint density at radius 3 is 2.41 bits per heavy atom. The number of anilines is 1. The third kappa shape index (κ3) is 6.85. The number of sulfonamides is 1. The Hall–Kier alpha value is -2.29. The first-order valence-corrected chi connectivity index (χ1v) is 13.5. The molecule has 0 fully saturated rings. The molecule has 0 aliphatic heterocycles. The number of nitrogens with one attached hydrogen (secondary N) is 1. The van der Waals surface area contributed by atoms with Gasteiger partial charge < -0.3 is 5.32 Å². The molecular weight excluding hydrogens is 508 g/mol. The predicted octanol–water partition coefficient (Wildman–Crippen LogP) is 5.00. The van der Waals surface area contributed by atoms with E-state index in [4.69, 9.17) is 0 Å². The van der Waals surface area contributed by atoms with Gasteiger partial charge >= 0.3 is 0 Å². The average Bonchev–Trinajstić information content (AvgIpc) is 2.78. The maximum atomic E-state index is 13.4. The normalized spacial score (nSPS) is 11.2. The molecule has 5 nitrogen and oxygen atoms in total. The quantitative estimate of drug-likeness (QED) is 0.373. The first kappa shape index (κ1) is 24.4. The number of thioether (sulfide) groups is 1. The number of nitrogens with zero attached hydrogens (tertiary/aromatic N) is 1. The van der Waals surface area contributed by atoms with Gasteiger partial charge in [0.2, 0.25) is 5.91 Å². The smallest absolute Gasteiger partial charge is 0.264 e. The standard InChI is InChI=1S/C24H25BrN2O3S2/c1-19-10-12-23(13-11-19)32(29,30)27(22-9-5-8-21(25)16-22)17-24(28)26-14-15-31-18-20-6-3-2-4-7-20/h2-13,16H,14-15,17-18H2,1H3,(H,26,28). The molecule has 1 N–H and O–H groups in total. The van der Waals surface area contributed by atoms with Crippen LogP contribution in [0.2, 0.25) is 0 Å². The molecule has 8 heteroatoms. The Kier molecular flexibility index (Phi) is 8.78. The Morgan fingerprint density at radius 1 is 1.00 bits per heavy atom. The van der Waals surface area contributed by atoms with Crippen LogP contribution in [0.4, 0.5) is 5.69 Å². The Bertz CT molecular complexity index is 1140. The van der Waals surface area contributed by atoms with Gasteiger partial charge in [0.15, 0.2) is 0 Å². The summed E-state index contributed by atoms with van der Waals surface area (Å²) in [5.74, 6) is 1.26. The fraction of sp³-hybridized carbons (Fsp3) is 0.208. The second kappa shape index (κ2) is 11.5. The van der Waals surface area contributed by atoms with Gasteiger partial charge in [-0.15, -0.1) is 0 Å². The number of hydrogen-bond acceptors (Lipinski definition) is 4. The lowest BCUT2D eigenvalue weighted by molar-refractivity contribution is -0.119. The van der Waals surface area contributed by atoms with Gasteiger partial charge in [-0.1, -0.05) is 70.0 Å². The molecule has 3 aromatic carbocycles. The van der Waals surface area contributed by atoms with E-state index < -0.39 is 10.0 Å². The summed E-state index contributed by atoms with van der Waals surface area (Å²) in [5.41, 5.74) is 2.62. The summed E-state index contributed by atoms with van der Waals surface area (Å²) in [5, 5.41) is 2.84. The molecule has 0 aliphatic carbocycles. The number of rotatable bonds is 10. The summed E-state index contributed by atoms with van der Waals surface area (Å²) in [6.07, 6.45) is 0. The number of benzene rings is 3. The molecule has 0 aromatic heterocycles. The van der Waals surface area contributed by atoms with Gasteiger partial charge in [-0.3, -0.25) is 9.10 Å². The van der Waals surface area contributed by atoms with Gasteiger partial charge in [-0.2, -0.15) is 11.8 Å². The van der Waals surface area contributed by atoms with Gasteiger partial charge in [0.05, 0.1) is 10.6 Å². The molecule has 0 radical (unpaired) electrons. The highest BCUT2D eigenvalue weighted by molar-refractivity contribution is 9.10. The van der Waals surface area contributed by atoms with E-state index in [0.29, 0.717) is 12.2 Å². The maximum Gasteiger partial charge on any atom is 0.264 e. The highest BCUT2D eigenvalue weighted by Crippen LogP contribution is 2.26. The summed E-state index contributed by atoms with van der Waals surface area (Å²) in [7, 11) is -3.91. The lowest BCUT2D eigenvalue weighted by Crippen LogP contribution is -2.41. The minimum absolute atomic E-state index is 0.147. The Morgan fingerprint density at radius 2 is 1.72 bits per heavy atom. The number of aryl methyl sites for hydroxylation is 1. The van der Waals surface area contributed by atoms with Crippen molar-refractivity contribution in [1.82, 2.24) is 5.32 Å². The van der Waals surface area contributed by atoms with Crippen molar-refractivity contribution < 1.29 is 13.2 Å². The van der Waals surface area contributed by atoms with Crippen molar-refractivity contribution in [3.05, 3.63) is 94.5 Å². The predicted molar refractivity (Wildman–Crippen MR) is 135 cm³/mol. The van der Waals surface area contributed by atoms with Gasteiger partial charge in [0, 0.05) is 22.5 Å². The molecule has 0 aliphatic rings. The molecule has 0 bridgehead atoms. The monoisotopic (exact) mass is 532 g/mol. The molecule has 0 unspecified atom stereocenters. The fourth-order valence-corrected chi connectivity index (χ4v) is 5.62. The molecule has 3 aromatic rings. The fourth-order valence-electron chi connectivity index (χ4n) is 3.00. The summed E-state index contributed by atoms with van der Waals surface area (Å²) >= 11 is 5.10. The van der Waals surface area contributed by atoms with Crippen LogP contribution in [0.3, 0.4) is 0 Å². The van der Waals surface area contributed by atoms with Crippen LogP contribution in [0.25, 0.3) is 0 Å². The molecule has 0 saturated carbocycles. The van der Waals surface area contributed by atoms with E-state index in [1.54, 1.807) is 54.2 Å². The minimum atomic E-state index is -3.91. The van der Waals surface area contributed by atoms with Crippen LogP contribution in [0.1, 0.15) is 11.1 Å². The van der Waals surface area contributed by atoms with Crippen LogP contribution in [-0.4, -0.2) is 33.2 Å². The van der Waals surface area contributed by atoms with E-state index in [0.717, 1.165) is 25.8 Å². The second-order valence-electron chi connectivity index (χ2n) is 7.19. The second-order valence-corrected chi connectivity index (χ2v) is 11.1. The lowest BCUT2D eigenvalue weighted by atomic mass is 10.2. The van der Waals surface area contributed by atoms with Crippen LogP contribution in [0.15, 0.2) is 88.2 Å². The number of amides is 1. The molecule has 3 rings (SSSR count). The Balaban J connectivity index is 1.66. The highest BCUT2D eigenvalue weighted by Gasteiger charge is 2.27. The topological polar surface area (TPSA) is 66.5 Å². The van der Waals surface area contributed by atoms with Crippen molar-refractivity contribution in [3.63, 3.8) is 0 Å².